The summed E-state index contributed by atoms with van der Waals surface area (Å²) >= 11 is 1.67. The second kappa shape index (κ2) is 5.99. The second-order valence-electron chi connectivity index (χ2n) is 4.47. The van der Waals surface area contributed by atoms with E-state index in [1.54, 1.807) is 18.0 Å². The Morgan fingerprint density at radius 2 is 2.25 bits per heavy atom. The lowest BCUT2D eigenvalue weighted by molar-refractivity contribution is -0.154. The van der Waals surface area contributed by atoms with E-state index in [0.717, 1.165) is 17.3 Å². The number of carbonyl (C=O) groups excluding carboxylic acids is 1. The van der Waals surface area contributed by atoms with E-state index in [2.05, 4.69) is 0 Å². The van der Waals surface area contributed by atoms with Gasteiger partial charge in [0.05, 0.1) is 18.4 Å². The van der Waals surface area contributed by atoms with Crippen molar-refractivity contribution in [2.45, 2.75) is 38.5 Å². The summed E-state index contributed by atoms with van der Waals surface area (Å²) in [5.41, 5.74) is -0.386. The van der Waals surface area contributed by atoms with E-state index in [1.807, 2.05) is 32.9 Å². The molecule has 0 unspecified atom stereocenters. The molecule has 0 fully saturated rings. The lowest BCUT2D eigenvalue weighted by Gasteiger charge is -2.19. The van der Waals surface area contributed by atoms with Crippen LogP contribution in [0.4, 0.5) is 0 Å². The zero-order chi connectivity index (χ0) is 12.0. The molecule has 1 aromatic rings. The van der Waals surface area contributed by atoms with Crippen LogP contribution in [0.25, 0.3) is 0 Å². The van der Waals surface area contributed by atoms with Gasteiger partial charge in [0.2, 0.25) is 0 Å². The summed E-state index contributed by atoms with van der Waals surface area (Å²) in [7, 11) is 0. The molecule has 0 aliphatic heterocycles. The third-order valence-electron chi connectivity index (χ3n) is 1.69. The molecule has 0 spiro atoms. The van der Waals surface area contributed by atoms with E-state index in [4.69, 9.17) is 9.15 Å². The van der Waals surface area contributed by atoms with Gasteiger partial charge in [0.15, 0.2) is 0 Å². The molecule has 0 atom stereocenters. The molecule has 0 saturated carbocycles. The fourth-order valence-corrected chi connectivity index (χ4v) is 1.94. The van der Waals surface area contributed by atoms with Crippen LogP contribution in [0.5, 0.6) is 0 Å². The first-order chi connectivity index (χ1) is 7.47. The Hall–Kier alpha value is -0.900. The largest absolute Gasteiger partial charge is 0.468 e. The maximum atomic E-state index is 11.4. The maximum Gasteiger partial charge on any atom is 0.307 e. The Labute approximate surface area is 101 Å². The number of ether oxygens (including phenoxy) is 1. The van der Waals surface area contributed by atoms with Gasteiger partial charge in [-0.2, -0.15) is 11.8 Å². The molecule has 1 heterocycles. The van der Waals surface area contributed by atoms with Crippen LogP contribution in [0.2, 0.25) is 0 Å². The Morgan fingerprint density at radius 3 is 2.81 bits per heavy atom. The fraction of sp³-hybridized carbons (Fsp3) is 0.583. The first kappa shape index (κ1) is 13.2. The summed E-state index contributed by atoms with van der Waals surface area (Å²) in [6, 6.07) is 3.80. The van der Waals surface area contributed by atoms with E-state index >= 15 is 0 Å². The van der Waals surface area contributed by atoms with Gasteiger partial charge in [-0.15, -0.1) is 0 Å². The quantitative estimate of drug-likeness (QED) is 0.587. The standard InChI is InChI=1S/C12H18O3S/c1-12(2,3)15-11(13)6-8-16-9-10-5-4-7-14-10/h4-5,7H,6,8-9H2,1-3H3. The summed E-state index contributed by atoms with van der Waals surface area (Å²) in [6.45, 7) is 5.63. The van der Waals surface area contributed by atoms with E-state index in [9.17, 15) is 4.79 Å². The summed E-state index contributed by atoms with van der Waals surface area (Å²) in [6.07, 6.45) is 2.10. The SMILES string of the molecule is CC(C)(C)OC(=O)CCSCc1ccco1. The van der Waals surface area contributed by atoms with Crippen LogP contribution in [0.15, 0.2) is 22.8 Å². The van der Waals surface area contributed by atoms with Gasteiger partial charge in [0.1, 0.15) is 11.4 Å². The normalized spacial score (nSPS) is 11.4. The van der Waals surface area contributed by atoms with Crippen molar-refractivity contribution >= 4 is 17.7 Å². The van der Waals surface area contributed by atoms with E-state index in [-0.39, 0.29) is 11.6 Å². The predicted molar refractivity (Wildman–Crippen MR) is 65.3 cm³/mol. The molecule has 0 aliphatic carbocycles. The average molecular weight is 242 g/mol. The molecule has 1 rings (SSSR count). The molecule has 3 nitrogen and oxygen atoms in total. The zero-order valence-corrected chi connectivity index (χ0v) is 10.8. The van der Waals surface area contributed by atoms with Crippen molar-refractivity contribution in [3.63, 3.8) is 0 Å². The van der Waals surface area contributed by atoms with Gasteiger partial charge in [-0.1, -0.05) is 0 Å². The molecule has 0 aliphatic rings. The van der Waals surface area contributed by atoms with Gasteiger partial charge in [0, 0.05) is 5.75 Å². The molecule has 1 aromatic heterocycles. The summed E-state index contributed by atoms with van der Waals surface area (Å²) < 4.78 is 10.4. The van der Waals surface area contributed by atoms with Crippen LogP contribution >= 0.6 is 11.8 Å². The van der Waals surface area contributed by atoms with E-state index < -0.39 is 0 Å². The minimum atomic E-state index is -0.386. The maximum absolute atomic E-state index is 11.4. The highest BCUT2D eigenvalue weighted by Crippen LogP contribution is 2.15. The van der Waals surface area contributed by atoms with E-state index in [1.165, 1.54) is 0 Å². The van der Waals surface area contributed by atoms with Crippen LogP contribution in [-0.2, 0) is 15.3 Å². The summed E-state index contributed by atoms with van der Waals surface area (Å²) in [4.78, 5) is 11.4. The molecule has 0 N–H and O–H groups in total. The van der Waals surface area contributed by atoms with Gasteiger partial charge >= 0.3 is 5.97 Å². The van der Waals surface area contributed by atoms with Crippen molar-refractivity contribution in [1.29, 1.82) is 0 Å². The van der Waals surface area contributed by atoms with Crippen molar-refractivity contribution in [3.8, 4) is 0 Å². The fourth-order valence-electron chi connectivity index (χ4n) is 1.12. The van der Waals surface area contributed by atoms with Crippen LogP contribution < -0.4 is 0 Å². The molecule has 0 aromatic carbocycles. The molecule has 4 heteroatoms. The van der Waals surface area contributed by atoms with Crippen molar-refractivity contribution in [2.75, 3.05) is 5.75 Å². The van der Waals surface area contributed by atoms with Gasteiger partial charge in [-0.3, -0.25) is 4.79 Å². The van der Waals surface area contributed by atoms with E-state index in [0.29, 0.717) is 6.42 Å². The Balaban J connectivity index is 2.09. The number of thioether (sulfide) groups is 1. The van der Waals surface area contributed by atoms with Crippen LogP contribution in [0, 0.1) is 0 Å². The van der Waals surface area contributed by atoms with Gasteiger partial charge in [-0.25, -0.2) is 0 Å². The molecule has 0 bridgehead atoms. The van der Waals surface area contributed by atoms with Crippen LogP contribution in [-0.4, -0.2) is 17.3 Å². The number of furan rings is 1. The average Bonchev–Trinajstić information content (AvgIpc) is 2.62. The van der Waals surface area contributed by atoms with Crippen molar-refractivity contribution in [1.82, 2.24) is 0 Å². The van der Waals surface area contributed by atoms with Crippen LogP contribution in [0.1, 0.15) is 33.0 Å². The highest BCUT2D eigenvalue weighted by molar-refractivity contribution is 7.98. The smallest absolute Gasteiger partial charge is 0.307 e. The van der Waals surface area contributed by atoms with Crippen LogP contribution in [0.3, 0.4) is 0 Å². The third-order valence-corrected chi connectivity index (χ3v) is 2.68. The van der Waals surface area contributed by atoms with Crippen molar-refractivity contribution in [2.24, 2.45) is 0 Å². The van der Waals surface area contributed by atoms with Gasteiger partial charge in [-0.05, 0) is 32.9 Å². The Kier molecular flexibility index (Phi) is 4.93. The molecular formula is C12H18O3S. The number of rotatable bonds is 5. The topological polar surface area (TPSA) is 39.4 Å². The molecule has 0 amide bonds. The molecule has 90 valence electrons. The first-order valence-corrected chi connectivity index (χ1v) is 6.45. The van der Waals surface area contributed by atoms with Crippen molar-refractivity contribution in [3.05, 3.63) is 24.2 Å². The minimum Gasteiger partial charge on any atom is -0.468 e. The van der Waals surface area contributed by atoms with Gasteiger partial charge < -0.3 is 9.15 Å². The molecule has 0 saturated heterocycles. The number of esters is 1. The monoisotopic (exact) mass is 242 g/mol. The minimum absolute atomic E-state index is 0.139. The predicted octanol–water partition coefficient (Wildman–Crippen LogP) is 3.24. The molecule has 0 radical (unpaired) electrons. The molecular weight excluding hydrogens is 224 g/mol. The molecule has 16 heavy (non-hydrogen) atoms. The van der Waals surface area contributed by atoms with Crippen molar-refractivity contribution < 1.29 is 13.9 Å². The second-order valence-corrected chi connectivity index (χ2v) is 5.57. The number of carbonyl (C=O) groups is 1. The Bertz CT molecular complexity index is 312. The number of hydrogen-bond donors (Lipinski definition) is 0. The zero-order valence-electron chi connectivity index (χ0n) is 9.99. The highest BCUT2D eigenvalue weighted by Gasteiger charge is 2.15. The summed E-state index contributed by atoms with van der Waals surface area (Å²) in [5.74, 6) is 2.36. The Morgan fingerprint density at radius 1 is 1.50 bits per heavy atom. The van der Waals surface area contributed by atoms with Gasteiger partial charge in [0.25, 0.3) is 0 Å². The lowest BCUT2D eigenvalue weighted by Crippen LogP contribution is -2.24. The first-order valence-electron chi connectivity index (χ1n) is 5.29. The summed E-state index contributed by atoms with van der Waals surface area (Å²) in [5, 5.41) is 0. The number of hydrogen-bond acceptors (Lipinski definition) is 4. The third kappa shape index (κ3) is 5.85. The lowest BCUT2D eigenvalue weighted by atomic mass is 10.2. The highest BCUT2D eigenvalue weighted by atomic mass is 32.2.